The molecular weight excluding hydrogens is 310 g/mol. The average molecular weight is 323 g/mol. The molecular formula is C16H13Cl2FN2. The van der Waals surface area contributed by atoms with Gasteiger partial charge in [0.15, 0.2) is 0 Å². The summed E-state index contributed by atoms with van der Waals surface area (Å²) in [5, 5.41) is 2.24. The lowest BCUT2D eigenvalue weighted by molar-refractivity contribution is 0.624. The standard InChI is InChI=1S/C16H13Cl2FN2/c17-12-1-3-14-11(7-20)9-21(16(14)6-12)8-10-5-13(19)2-4-15(10)18/h1-6,9H,7-8,20H2. The van der Waals surface area contributed by atoms with Crippen molar-refractivity contribution in [3.63, 3.8) is 0 Å². The number of halogens is 3. The minimum atomic E-state index is -0.303. The lowest BCUT2D eigenvalue weighted by Crippen LogP contribution is -2.00. The molecule has 0 saturated carbocycles. The highest BCUT2D eigenvalue weighted by molar-refractivity contribution is 6.31. The zero-order chi connectivity index (χ0) is 15.0. The predicted octanol–water partition coefficient (Wildman–Crippen LogP) is 4.59. The van der Waals surface area contributed by atoms with E-state index in [2.05, 4.69) is 0 Å². The number of hydrogen-bond donors (Lipinski definition) is 1. The summed E-state index contributed by atoms with van der Waals surface area (Å²) in [7, 11) is 0. The van der Waals surface area contributed by atoms with Gasteiger partial charge in [-0.2, -0.15) is 0 Å². The van der Waals surface area contributed by atoms with E-state index in [0.29, 0.717) is 23.1 Å². The molecule has 0 bridgehead atoms. The van der Waals surface area contributed by atoms with Crippen LogP contribution in [0.3, 0.4) is 0 Å². The van der Waals surface area contributed by atoms with Gasteiger partial charge < -0.3 is 10.3 Å². The van der Waals surface area contributed by atoms with E-state index in [-0.39, 0.29) is 5.82 Å². The molecule has 108 valence electrons. The number of hydrogen-bond acceptors (Lipinski definition) is 1. The highest BCUT2D eigenvalue weighted by Crippen LogP contribution is 2.27. The van der Waals surface area contributed by atoms with Gasteiger partial charge in [0.05, 0.1) is 5.52 Å². The molecule has 0 unspecified atom stereocenters. The van der Waals surface area contributed by atoms with Crippen molar-refractivity contribution in [3.8, 4) is 0 Å². The summed E-state index contributed by atoms with van der Waals surface area (Å²) >= 11 is 12.2. The molecule has 2 aromatic carbocycles. The molecule has 0 amide bonds. The third-order valence-corrected chi connectivity index (χ3v) is 4.10. The van der Waals surface area contributed by atoms with Gasteiger partial charge in [-0.1, -0.05) is 29.3 Å². The summed E-state index contributed by atoms with van der Waals surface area (Å²) in [4.78, 5) is 0. The van der Waals surface area contributed by atoms with E-state index in [0.717, 1.165) is 22.0 Å². The van der Waals surface area contributed by atoms with Crippen molar-refractivity contribution in [3.05, 3.63) is 69.6 Å². The molecule has 0 radical (unpaired) electrons. The molecule has 0 aliphatic rings. The van der Waals surface area contributed by atoms with Gasteiger partial charge in [-0.05, 0) is 41.5 Å². The van der Waals surface area contributed by atoms with E-state index in [9.17, 15) is 4.39 Å². The van der Waals surface area contributed by atoms with Crippen molar-refractivity contribution in [2.45, 2.75) is 13.1 Å². The summed E-state index contributed by atoms with van der Waals surface area (Å²) in [5.74, 6) is -0.303. The molecule has 3 rings (SSSR count). The van der Waals surface area contributed by atoms with Crippen molar-refractivity contribution < 1.29 is 4.39 Å². The Morgan fingerprint density at radius 3 is 2.62 bits per heavy atom. The van der Waals surface area contributed by atoms with Crippen LogP contribution in [0.4, 0.5) is 4.39 Å². The van der Waals surface area contributed by atoms with E-state index in [4.69, 9.17) is 28.9 Å². The SMILES string of the molecule is NCc1cn(Cc2cc(F)ccc2Cl)c2cc(Cl)ccc12. The molecule has 1 aromatic heterocycles. The molecule has 2 N–H and O–H groups in total. The van der Waals surface area contributed by atoms with Crippen LogP contribution in [0.15, 0.2) is 42.6 Å². The second-order valence-corrected chi connectivity index (χ2v) is 5.73. The summed E-state index contributed by atoms with van der Waals surface area (Å²) in [6, 6.07) is 10.0. The first-order chi connectivity index (χ1) is 10.1. The minimum Gasteiger partial charge on any atom is -0.343 e. The van der Waals surface area contributed by atoms with Gasteiger partial charge in [0.1, 0.15) is 5.82 Å². The minimum absolute atomic E-state index is 0.303. The average Bonchev–Trinajstić information content (AvgIpc) is 2.80. The van der Waals surface area contributed by atoms with Crippen molar-refractivity contribution in [2.75, 3.05) is 0 Å². The van der Waals surface area contributed by atoms with E-state index < -0.39 is 0 Å². The lowest BCUT2D eigenvalue weighted by atomic mass is 10.2. The van der Waals surface area contributed by atoms with E-state index in [1.807, 2.05) is 29.0 Å². The number of benzene rings is 2. The second-order valence-electron chi connectivity index (χ2n) is 4.88. The molecule has 0 fully saturated rings. The Morgan fingerprint density at radius 2 is 1.86 bits per heavy atom. The monoisotopic (exact) mass is 322 g/mol. The number of aromatic nitrogens is 1. The van der Waals surface area contributed by atoms with Gasteiger partial charge in [0.2, 0.25) is 0 Å². The third kappa shape index (κ3) is 2.77. The first kappa shape index (κ1) is 14.4. The van der Waals surface area contributed by atoms with E-state index >= 15 is 0 Å². The fraction of sp³-hybridized carbons (Fsp3) is 0.125. The van der Waals surface area contributed by atoms with Gasteiger partial charge in [-0.25, -0.2) is 4.39 Å². The maximum absolute atomic E-state index is 13.4. The van der Waals surface area contributed by atoms with Gasteiger partial charge in [0, 0.05) is 34.7 Å². The van der Waals surface area contributed by atoms with Gasteiger partial charge >= 0.3 is 0 Å². The fourth-order valence-electron chi connectivity index (χ4n) is 2.48. The molecule has 0 aliphatic heterocycles. The maximum atomic E-state index is 13.4. The molecule has 21 heavy (non-hydrogen) atoms. The van der Waals surface area contributed by atoms with Crippen molar-refractivity contribution in [2.24, 2.45) is 5.73 Å². The van der Waals surface area contributed by atoms with Crippen LogP contribution in [0.1, 0.15) is 11.1 Å². The molecule has 3 aromatic rings. The lowest BCUT2D eigenvalue weighted by Gasteiger charge is -2.08. The highest BCUT2D eigenvalue weighted by atomic mass is 35.5. The quantitative estimate of drug-likeness (QED) is 0.751. The smallest absolute Gasteiger partial charge is 0.123 e. The van der Waals surface area contributed by atoms with Gasteiger partial charge in [-0.3, -0.25) is 0 Å². The van der Waals surface area contributed by atoms with Crippen LogP contribution in [-0.2, 0) is 13.1 Å². The van der Waals surface area contributed by atoms with Crippen LogP contribution >= 0.6 is 23.2 Å². The van der Waals surface area contributed by atoms with E-state index in [1.54, 1.807) is 6.07 Å². The first-order valence-corrected chi connectivity index (χ1v) is 7.25. The van der Waals surface area contributed by atoms with Crippen molar-refractivity contribution in [1.29, 1.82) is 0 Å². The first-order valence-electron chi connectivity index (χ1n) is 6.50. The number of fused-ring (bicyclic) bond motifs is 1. The largest absolute Gasteiger partial charge is 0.343 e. The Labute approximate surface area is 131 Å². The Bertz CT molecular complexity index is 811. The van der Waals surface area contributed by atoms with Crippen LogP contribution in [0.5, 0.6) is 0 Å². The molecule has 2 nitrogen and oxygen atoms in total. The molecule has 0 atom stereocenters. The Kier molecular flexibility index (Phi) is 3.89. The Balaban J connectivity index is 2.12. The third-order valence-electron chi connectivity index (χ3n) is 3.50. The topological polar surface area (TPSA) is 30.9 Å². The van der Waals surface area contributed by atoms with Crippen LogP contribution < -0.4 is 5.73 Å². The predicted molar refractivity (Wildman–Crippen MR) is 85.4 cm³/mol. The molecule has 1 heterocycles. The maximum Gasteiger partial charge on any atom is 0.123 e. The van der Waals surface area contributed by atoms with Gasteiger partial charge in [0.25, 0.3) is 0 Å². The van der Waals surface area contributed by atoms with Crippen LogP contribution in [0.25, 0.3) is 10.9 Å². The Hall–Kier alpha value is -1.55. The molecule has 0 saturated heterocycles. The van der Waals surface area contributed by atoms with Crippen LogP contribution in [0, 0.1) is 5.82 Å². The van der Waals surface area contributed by atoms with Crippen molar-refractivity contribution in [1.82, 2.24) is 4.57 Å². The zero-order valence-electron chi connectivity index (χ0n) is 11.1. The van der Waals surface area contributed by atoms with Crippen LogP contribution in [-0.4, -0.2) is 4.57 Å². The Morgan fingerprint density at radius 1 is 1.05 bits per heavy atom. The molecule has 0 spiro atoms. The summed E-state index contributed by atoms with van der Waals surface area (Å²) in [6.45, 7) is 0.898. The van der Waals surface area contributed by atoms with Crippen molar-refractivity contribution >= 4 is 34.1 Å². The summed E-state index contributed by atoms with van der Waals surface area (Å²) in [6.07, 6.45) is 1.96. The number of nitrogens with two attached hydrogens (primary N) is 1. The molecule has 5 heteroatoms. The van der Waals surface area contributed by atoms with Gasteiger partial charge in [-0.15, -0.1) is 0 Å². The van der Waals surface area contributed by atoms with Crippen LogP contribution in [0.2, 0.25) is 10.0 Å². The highest BCUT2D eigenvalue weighted by Gasteiger charge is 2.10. The second kappa shape index (κ2) is 5.68. The number of nitrogens with zero attached hydrogens (tertiary/aromatic N) is 1. The zero-order valence-corrected chi connectivity index (χ0v) is 12.6. The molecule has 0 aliphatic carbocycles. The normalized spacial score (nSPS) is 11.2. The van der Waals surface area contributed by atoms with E-state index in [1.165, 1.54) is 12.1 Å². The summed E-state index contributed by atoms with van der Waals surface area (Å²) < 4.78 is 15.4. The fourth-order valence-corrected chi connectivity index (χ4v) is 2.83. The number of rotatable bonds is 3. The summed E-state index contributed by atoms with van der Waals surface area (Å²) in [5.41, 5.74) is 8.49.